The van der Waals surface area contributed by atoms with Crippen molar-refractivity contribution in [1.29, 1.82) is 0 Å². The van der Waals surface area contributed by atoms with Crippen molar-refractivity contribution in [3.8, 4) is 5.75 Å². The number of ether oxygens (including phenoxy) is 1. The average molecular weight is 554 g/mol. The van der Waals surface area contributed by atoms with E-state index < -0.39 is 14.2 Å². The number of rotatable bonds is 24. The van der Waals surface area contributed by atoms with Gasteiger partial charge in [0.25, 0.3) is 0 Å². The number of hydrogen-bond donors (Lipinski definition) is 4. The molecule has 4 N–H and O–H groups in total. The third kappa shape index (κ3) is 20.2. The summed E-state index contributed by atoms with van der Waals surface area (Å²) in [5.41, 5.74) is 0.923. The summed E-state index contributed by atoms with van der Waals surface area (Å²) in [7, 11) is -4.66. The minimum absolute atomic E-state index is 0.108. The van der Waals surface area contributed by atoms with E-state index in [9.17, 15) is 19.5 Å². The molecule has 0 aliphatic rings. The topological polar surface area (TPSA) is 108 Å². The van der Waals surface area contributed by atoms with Gasteiger partial charge < -0.3 is 0 Å². The Morgan fingerprint density at radius 1 is 0.921 bits per heavy atom. The molecule has 38 heavy (non-hydrogen) atoms. The zero-order chi connectivity index (χ0) is 27.9. The van der Waals surface area contributed by atoms with Crippen LogP contribution in [0.15, 0.2) is 49.1 Å². The van der Waals surface area contributed by atoms with Gasteiger partial charge in [-0.15, -0.1) is 0 Å². The molecule has 1 aromatic rings. The summed E-state index contributed by atoms with van der Waals surface area (Å²) in [6.45, 7) is 6.10. The molecular formula is C30H52NO6P. The third-order valence-corrected chi connectivity index (χ3v) is 6.84. The van der Waals surface area contributed by atoms with Gasteiger partial charge in [0.15, 0.2) is 0 Å². The Bertz CT molecular complexity index is 763. The van der Waals surface area contributed by atoms with Crippen LogP contribution in [0.1, 0.15) is 102 Å². The summed E-state index contributed by atoms with van der Waals surface area (Å²) in [4.78, 5) is 40.2. The average Bonchev–Trinajstić information content (AvgIpc) is 2.88. The fourth-order valence-corrected chi connectivity index (χ4v) is 4.61. The molecule has 0 saturated heterocycles. The number of hydrogen-bond acceptors (Lipinski definition) is 6. The molecule has 0 spiro atoms. The van der Waals surface area contributed by atoms with Crippen LogP contribution in [0.4, 0.5) is 0 Å². The van der Waals surface area contributed by atoms with E-state index in [1.807, 2.05) is 24.3 Å². The summed E-state index contributed by atoms with van der Waals surface area (Å²) in [5, 5.41) is 2.91. The molecule has 0 unspecified atom stereocenters. The van der Waals surface area contributed by atoms with E-state index in [-0.39, 0.29) is 12.5 Å². The molecule has 7 nitrogen and oxygen atoms in total. The number of allylic oxidation sites excluding steroid dienone is 2. The Balaban J connectivity index is 2.24. The third-order valence-electron chi connectivity index (χ3n) is 6.28. The van der Waals surface area contributed by atoms with Gasteiger partial charge >= 0.3 is 167 Å². The molecule has 1 amide bonds. The summed E-state index contributed by atoms with van der Waals surface area (Å²) >= 11 is 0. The fourth-order valence-electron chi connectivity index (χ4n) is 4.18. The number of carbonyl (C=O) groups excluding carboxylic acids is 1. The van der Waals surface area contributed by atoms with Crippen LogP contribution >= 0.6 is 8.17 Å². The molecule has 0 aliphatic heterocycles. The molecule has 1 rings (SSSR count). The van der Waals surface area contributed by atoms with Gasteiger partial charge in [-0.3, -0.25) is 0 Å². The SMILES string of the molecule is C=CCOc1ccc(C[C@@H](CO[PH](O)(O)O)NC(=O)CCCCCCC/C=C\CCCCCCCC)cc1. The van der Waals surface area contributed by atoms with Crippen LogP contribution in [0.5, 0.6) is 5.75 Å². The summed E-state index contributed by atoms with van der Waals surface area (Å²) < 4.78 is 10.3. The normalized spacial score (nSPS) is 12.9. The second-order valence-electron chi connectivity index (χ2n) is 9.93. The van der Waals surface area contributed by atoms with Crippen molar-refractivity contribution in [3.63, 3.8) is 0 Å². The van der Waals surface area contributed by atoms with Crippen molar-refractivity contribution in [2.75, 3.05) is 13.2 Å². The quantitative estimate of drug-likeness (QED) is 0.0643. The standard InChI is InChI=1S/C30H52NO6P/c1-3-5-6-7-8-9-10-11-12-13-14-15-16-17-18-19-30(32)31-28(26-37-38(33,34)35)25-27-20-22-29(23-21-27)36-24-4-2/h4,11-12,20-23,28,33-35,38H,2-3,5-10,13-19,24-26H2,1H3,(H,31,32)/b12-11-/t28-/m0/s1. The van der Waals surface area contributed by atoms with Crippen molar-refractivity contribution in [1.82, 2.24) is 5.32 Å². The second kappa shape index (κ2) is 22.1. The molecule has 0 fully saturated rings. The van der Waals surface area contributed by atoms with Crippen molar-refractivity contribution >= 4 is 14.1 Å². The summed E-state index contributed by atoms with van der Waals surface area (Å²) in [5.74, 6) is 0.602. The number of amides is 1. The van der Waals surface area contributed by atoms with E-state index in [2.05, 4.69) is 31.0 Å². The monoisotopic (exact) mass is 553 g/mol. The maximum atomic E-state index is 12.5. The van der Waals surface area contributed by atoms with E-state index in [0.29, 0.717) is 25.2 Å². The summed E-state index contributed by atoms with van der Waals surface area (Å²) in [6, 6.07) is 6.91. The van der Waals surface area contributed by atoms with E-state index >= 15 is 0 Å². The molecule has 0 bridgehead atoms. The van der Waals surface area contributed by atoms with Crippen molar-refractivity contribution in [2.24, 2.45) is 0 Å². The van der Waals surface area contributed by atoms with Gasteiger partial charge in [0.1, 0.15) is 0 Å². The van der Waals surface area contributed by atoms with E-state index in [4.69, 9.17) is 9.26 Å². The van der Waals surface area contributed by atoms with Crippen molar-refractivity contribution in [2.45, 2.75) is 109 Å². The first-order valence-electron chi connectivity index (χ1n) is 14.4. The minimum atomic E-state index is -4.66. The van der Waals surface area contributed by atoms with Crippen LogP contribution in [-0.2, 0) is 15.7 Å². The van der Waals surface area contributed by atoms with Gasteiger partial charge in [0, 0.05) is 0 Å². The summed E-state index contributed by atoms with van der Waals surface area (Å²) in [6.07, 6.45) is 22.8. The van der Waals surface area contributed by atoms with Crippen molar-refractivity contribution < 1.29 is 28.7 Å². The molecular weight excluding hydrogens is 501 g/mol. The van der Waals surface area contributed by atoms with Crippen LogP contribution in [0.25, 0.3) is 0 Å². The first-order chi connectivity index (χ1) is 18.3. The Hall–Kier alpha value is -1.76. The molecule has 0 radical (unpaired) electrons. The number of nitrogens with one attached hydrogen (secondary N) is 1. The second-order valence-corrected chi connectivity index (χ2v) is 11.4. The van der Waals surface area contributed by atoms with Gasteiger partial charge in [0.05, 0.1) is 0 Å². The Morgan fingerprint density at radius 3 is 2.08 bits per heavy atom. The first-order valence-corrected chi connectivity index (χ1v) is 16.2. The predicted octanol–water partition coefficient (Wildman–Crippen LogP) is 6.72. The van der Waals surface area contributed by atoms with Crippen molar-refractivity contribution in [3.05, 3.63) is 54.6 Å². The number of carbonyl (C=O) groups is 1. The van der Waals surface area contributed by atoms with Crippen LogP contribution < -0.4 is 10.1 Å². The zero-order valence-corrected chi connectivity index (χ0v) is 24.4. The Morgan fingerprint density at radius 2 is 1.50 bits per heavy atom. The van der Waals surface area contributed by atoms with Gasteiger partial charge in [-0.25, -0.2) is 0 Å². The molecule has 0 heterocycles. The van der Waals surface area contributed by atoms with E-state index in [1.165, 1.54) is 57.8 Å². The van der Waals surface area contributed by atoms with Gasteiger partial charge in [-0.1, -0.05) is 51.2 Å². The Labute approximate surface area is 231 Å². The van der Waals surface area contributed by atoms with Crippen LogP contribution in [0.3, 0.4) is 0 Å². The molecule has 0 aromatic heterocycles. The number of benzene rings is 1. The van der Waals surface area contributed by atoms with E-state index in [1.54, 1.807) is 6.08 Å². The van der Waals surface area contributed by atoms with Gasteiger partial charge in [-0.2, -0.15) is 0 Å². The van der Waals surface area contributed by atoms with E-state index in [0.717, 1.165) is 31.2 Å². The van der Waals surface area contributed by atoms with Crippen LogP contribution in [0.2, 0.25) is 0 Å². The molecule has 1 atom stereocenters. The van der Waals surface area contributed by atoms with Crippen LogP contribution in [0, 0.1) is 0 Å². The zero-order valence-electron chi connectivity index (χ0n) is 23.4. The molecule has 1 aromatic carbocycles. The first kappa shape index (κ1) is 34.3. The van der Waals surface area contributed by atoms with Gasteiger partial charge in [-0.05, 0) is 12.8 Å². The predicted molar refractivity (Wildman–Crippen MR) is 158 cm³/mol. The molecule has 8 heteroatoms. The van der Waals surface area contributed by atoms with Crippen LogP contribution in [-0.4, -0.2) is 39.8 Å². The fraction of sp³-hybridized carbons (Fsp3) is 0.633. The number of unbranched alkanes of at least 4 members (excludes halogenated alkanes) is 11. The van der Waals surface area contributed by atoms with Gasteiger partial charge in [0.2, 0.25) is 0 Å². The molecule has 0 aliphatic carbocycles. The molecule has 218 valence electrons. The maximum absolute atomic E-state index is 12.5. The Kier molecular flexibility index (Phi) is 19.9. The molecule has 0 saturated carbocycles.